The van der Waals surface area contributed by atoms with Gasteiger partial charge < -0.3 is 5.73 Å². The second-order valence-electron chi connectivity index (χ2n) is 3.43. The number of nitrogen functional groups attached to an aromatic ring is 1. The molecular weight excluding hydrogens is 167 g/mol. The van der Waals surface area contributed by atoms with Gasteiger partial charge in [0.15, 0.2) is 0 Å². The summed E-state index contributed by atoms with van der Waals surface area (Å²) in [6.07, 6.45) is 1.58. The molecule has 2 rings (SSSR count). The molecule has 1 aliphatic carbocycles. The van der Waals surface area contributed by atoms with Crippen LogP contribution in [0.15, 0.2) is 18.2 Å². The van der Waals surface area contributed by atoms with Gasteiger partial charge >= 0.3 is 0 Å². The van der Waals surface area contributed by atoms with Gasteiger partial charge in [0.1, 0.15) is 5.82 Å². The Kier molecular flexibility index (Phi) is 1.53. The van der Waals surface area contributed by atoms with Crippen molar-refractivity contribution in [2.75, 3.05) is 5.73 Å². The van der Waals surface area contributed by atoms with Crippen LogP contribution in [0.1, 0.15) is 18.4 Å². The minimum absolute atomic E-state index is 0.328. The largest absolute Gasteiger partial charge is 0.398 e. The lowest BCUT2D eigenvalue weighted by atomic mass is 9.96. The van der Waals surface area contributed by atoms with E-state index in [4.69, 9.17) is 11.0 Å². The predicted octanol–water partition coefficient (Wildman–Crippen LogP) is 1.96. The van der Waals surface area contributed by atoms with E-state index in [1.54, 1.807) is 0 Å². The molecule has 0 aliphatic heterocycles. The zero-order valence-corrected chi connectivity index (χ0v) is 7.05. The molecule has 1 aliphatic rings. The Morgan fingerprint density at radius 2 is 2.15 bits per heavy atom. The molecule has 0 spiro atoms. The van der Waals surface area contributed by atoms with Crippen molar-refractivity contribution in [2.45, 2.75) is 18.3 Å². The van der Waals surface area contributed by atoms with Crippen LogP contribution in [0, 0.1) is 17.1 Å². The second kappa shape index (κ2) is 2.46. The maximum absolute atomic E-state index is 12.9. The van der Waals surface area contributed by atoms with Gasteiger partial charge in [0, 0.05) is 5.69 Å². The molecule has 66 valence electrons. The van der Waals surface area contributed by atoms with E-state index < -0.39 is 5.41 Å². The van der Waals surface area contributed by atoms with Gasteiger partial charge in [-0.3, -0.25) is 0 Å². The van der Waals surface area contributed by atoms with E-state index in [2.05, 4.69) is 6.07 Å². The van der Waals surface area contributed by atoms with E-state index in [1.165, 1.54) is 18.2 Å². The normalized spacial score (nSPS) is 17.8. The van der Waals surface area contributed by atoms with Crippen molar-refractivity contribution in [1.29, 1.82) is 5.26 Å². The Morgan fingerprint density at radius 3 is 2.69 bits per heavy atom. The van der Waals surface area contributed by atoms with Gasteiger partial charge in [0.05, 0.1) is 11.5 Å². The lowest BCUT2D eigenvalue weighted by Crippen LogP contribution is -2.07. The summed E-state index contributed by atoms with van der Waals surface area (Å²) in [4.78, 5) is 0. The quantitative estimate of drug-likeness (QED) is 0.665. The fourth-order valence-corrected chi connectivity index (χ4v) is 1.51. The van der Waals surface area contributed by atoms with Crippen LogP contribution in [0.3, 0.4) is 0 Å². The minimum atomic E-state index is -0.494. The molecule has 2 nitrogen and oxygen atoms in total. The molecule has 1 aromatic rings. The lowest BCUT2D eigenvalue weighted by molar-refractivity contribution is 0.624. The number of hydrogen-bond acceptors (Lipinski definition) is 2. The highest BCUT2D eigenvalue weighted by molar-refractivity contribution is 5.56. The van der Waals surface area contributed by atoms with Gasteiger partial charge in [0.25, 0.3) is 0 Å². The van der Waals surface area contributed by atoms with Gasteiger partial charge in [-0.1, -0.05) is 0 Å². The van der Waals surface area contributed by atoms with Crippen LogP contribution in [0.4, 0.5) is 10.1 Å². The first-order valence-corrected chi connectivity index (χ1v) is 4.15. The molecule has 1 saturated carbocycles. The Labute approximate surface area is 75.8 Å². The Balaban J connectivity index is 2.52. The fourth-order valence-electron chi connectivity index (χ4n) is 1.51. The van der Waals surface area contributed by atoms with Crippen molar-refractivity contribution in [3.8, 4) is 6.07 Å². The van der Waals surface area contributed by atoms with Crippen molar-refractivity contribution < 1.29 is 4.39 Å². The van der Waals surface area contributed by atoms with Crippen LogP contribution >= 0.6 is 0 Å². The monoisotopic (exact) mass is 176 g/mol. The molecule has 2 N–H and O–H groups in total. The van der Waals surface area contributed by atoms with Gasteiger partial charge in [0.2, 0.25) is 0 Å². The summed E-state index contributed by atoms with van der Waals surface area (Å²) in [6.45, 7) is 0. The van der Waals surface area contributed by atoms with Crippen LogP contribution < -0.4 is 5.73 Å². The maximum atomic E-state index is 12.9. The maximum Gasteiger partial charge on any atom is 0.123 e. The van der Waals surface area contributed by atoms with E-state index in [0.717, 1.165) is 12.8 Å². The number of nitrogens with two attached hydrogens (primary N) is 1. The van der Waals surface area contributed by atoms with Crippen molar-refractivity contribution in [1.82, 2.24) is 0 Å². The van der Waals surface area contributed by atoms with Crippen LogP contribution in [-0.2, 0) is 5.41 Å². The number of halogens is 1. The predicted molar refractivity (Wildman–Crippen MR) is 47.3 cm³/mol. The number of rotatable bonds is 1. The van der Waals surface area contributed by atoms with E-state index in [0.29, 0.717) is 11.3 Å². The van der Waals surface area contributed by atoms with E-state index in [9.17, 15) is 4.39 Å². The zero-order chi connectivity index (χ0) is 9.47. The molecule has 0 bridgehead atoms. The third-order valence-electron chi connectivity index (χ3n) is 2.49. The first-order valence-electron chi connectivity index (χ1n) is 4.15. The molecule has 0 aromatic heterocycles. The Morgan fingerprint density at radius 1 is 1.46 bits per heavy atom. The summed E-state index contributed by atoms with van der Waals surface area (Å²) in [5.74, 6) is -0.328. The molecular formula is C10H9FN2. The number of nitriles is 1. The molecule has 3 heteroatoms. The molecule has 0 amide bonds. The van der Waals surface area contributed by atoms with E-state index in [1.807, 2.05) is 0 Å². The zero-order valence-electron chi connectivity index (χ0n) is 7.05. The van der Waals surface area contributed by atoms with Gasteiger partial charge in [-0.25, -0.2) is 4.39 Å². The van der Waals surface area contributed by atoms with Crippen LogP contribution in [0.2, 0.25) is 0 Å². The van der Waals surface area contributed by atoms with Gasteiger partial charge in [-0.05, 0) is 36.6 Å². The van der Waals surface area contributed by atoms with Crippen LogP contribution in [0.25, 0.3) is 0 Å². The van der Waals surface area contributed by atoms with Crippen molar-refractivity contribution in [3.05, 3.63) is 29.6 Å². The first kappa shape index (κ1) is 8.06. The molecule has 13 heavy (non-hydrogen) atoms. The number of benzene rings is 1. The third kappa shape index (κ3) is 1.15. The molecule has 0 saturated heterocycles. The third-order valence-corrected chi connectivity index (χ3v) is 2.49. The average Bonchev–Trinajstić information content (AvgIpc) is 2.90. The highest BCUT2D eigenvalue weighted by Crippen LogP contribution is 2.49. The summed E-state index contributed by atoms with van der Waals surface area (Å²) < 4.78 is 12.9. The van der Waals surface area contributed by atoms with Crippen LogP contribution in [0.5, 0.6) is 0 Å². The number of hydrogen-bond donors (Lipinski definition) is 1. The van der Waals surface area contributed by atoms with Crippen molar-refractivity contribution in [3.63, 3.8) is 0 Å². The highest BCUT2D eigenvalue weighted by Gasteiger charge is 2.46. The van der Waals surface area contributed by atoms with Crippen molar-refractivity contribution in [2.24, 2.45) is 0 Å². The summed E-state index contributed by atoms with van der Waals surface area (Å²) in [5, 5.41) is 8.90. The number of anilines is 1. The second-order valence-corrected chi connectivity index (χ2v) is 3.43. The first-order chi connectivity index (χ1) is 6.18. The Hall–Kier alpha value is -1.56. The standard InChI is InChI=1S/C10H9FN2/c11-7-1-2-9(13)8(5-7)10(6-12)3-4-10/h1-2,5H,3-4,13H2. The van der Waals surface area contributed by atoms with Gasteiger partial charge in [-0.2, -0.15) is 5.26 Å². The molecule has 0 unspecified atom stereocenters. The fraction of sp³-hybridized carbons (Fsp3) is 0.300. The molecule has 1 aromatic carbocycles. The smallest absolute Gasteiger partial charge is 0.123 e. The summed E-state index contributed by atoms with van der Waals surface area (Å²) in [5.41, 5.74) is 6.34. The highest BCUT2D eigenvalue weighted by atomic mass is 19.1. The van der Waals surface area contributed by atoms with Crippen molar-refractivity contribution >= 4 is 5.69 Å². The summed E-state index contributed by atoms with van der Waals surface area (Å²) >= 11 is 0. The molecule has 1 fully saturated rings. The minimum Gasteiger partial charge on any atom is -0.398 e. The summed E-state index contributed by atoms with van der Waals surface area (Å²) in [7, 11) is 0. The van der Waals surface area contributed by atoms with E-state index in [-0.39, 0.29) is 5.82 Å². The molecule has 0 radical (unpaired) electrons. The summed E-state index contributed by atoms with van der Waals surface area (Å²) in [6, 6.07) is 6.38. The topological polar surface area (TPSA) is 49.8 Å². The van der Waals surface area contributed by atoms with Crippen LogP contribution in [-0.4, -0.2) is 0 Å². The average molecular weight is 176 g/mol. The Bertz CT molecular complexity index is 388. The lowest BCUT2D eigenvalue weighted by Gasteiger charge is -2.09. The van der Waals surface area contributed by atoms with Gasteiger partial charge in [-0.15, -0.1) is 0 Å². The molecule has 0 heterocycles. The number of nitrogens with zero attached hydrogens (tertiary/aromatic N) is 1. The SMILES string of the molecule is N#CC1(c2cc(F)ccc2N)CC1. The molecule has 0 atom stereocenters. The van der Waals surface area contributed by atoms with E-state index >= 15 is 0 Å².